The number of ether oxygens (including phenoxy) is 3. The molecule has 2 aromatic heterocycles. The number of methoxy groups -OCH3 is 2. The number of anilines is 2. The fourth-order valence-electron chi connectivity index (χ4n) is 5.07. The van der Waals surface area contributed by atoms with Gasteiger partial charge in [0, 0.05) is 83.6 Å². The summed E-state index contributed by atoms with van der Waals surface area (Å²) in [5.41, 5.74) is 2.11. The molecule has 0 bridgehead atoms. The molecule has 5 rings (SSSR count). The van der Waals surface area contributed by atoms with Crippen LogP contribution in [0.2, 0.25) is 0 Å². The van der Waals surface area contributed by atoms with Gasteiger partial charge >= 0.3 is 6.01 Å². The number of carbonyl (C=O) groups excluding carboxylic acids is 2. The highest BCUT2D eigenvalue weighted by molar-refractivity contribution is 7.14. The molecule has 0 aliphatic carbocycles. The summed E-state index contributed by atoms with van der Waals surface area (Å²) in [6.45, 7) is 5.90. The maximum atomic E-state index is 13.2. The standard InChI is InChI=1S/C29H37N7O5S/c1-19-25(40-3)17-36(19)16-20-5-6-23(22(15-20)26(37)30-11-14-39-2)33-27(38)24-18-42-29(34-24)35-12-7-21(8-13-35)41-28-31-9-4-10-32-28/h4-6,9-10,15,18-19,21,25H,7-8,11-14,16-17H2,1-3H3,(H,30,37)(H,33,38)/t19-,25+/m1/s1. The Kier molecular flexibility index (Phi) is 9.95. The monoisotopic (exact) mass is 595 g/mol. The summed E-state index contributed by atoms with van der Waals surface area (Å²) >= 11 is 1.42. The van der Waals surface area contributed by atoms with E-state index in [9.17, 15) is 9.59 Å². The third kappa shape index (κ3) is 7.21. The first kappa shape index (κ1) is 29.8. The van der Waals surface area contributed by atoms with Gasteiger partial charge in [0.05, 0.1) is 24.0 Å². The molecule has 0 spiro atoms. The van der Waals surface area contributed by atoms with Crippen LogP contribution in [-0.4, -0.2) is 96.9 Å². The van der Waals surface area contributed by atoms with Crippen molar-refractivity contribution in [2.75, 3.05) is 57.2 Å². The van der Waals surface area contributed by atoms with Crippen molar-refractivity contribution in [1.82, 2.24) is 25.2 Å². The lowest BCUT2D eigenvalue weighted by molar-refractivity contribution is -0.0810. The first-order valence-corrected chi connectivity index (χ1v) is 15.0. The SMILES string of the molecule is COCCNC(=O)c1cc(CN2C[C@H](OC)[C@H]2C)ccc1NC(=O)c1csc(N2CCC(Oc3ncccn3)CC2)n1. The predicted molar refractivity (Wildman–Crippen MR) is 159 cm³/mol. The molecule has 0 saturated carbocycles. The number of piperidine rings is 1. The fourth-order valence-corrected chi connectivity index (χ4v) is 5.93. The highest BCUT2D eigenvalue weighted by atomic mass is 32.1. The van der Waals surface area contributed by atoms with Gasteiger partial charge in [0.25, 0.3) is 11.8 Å². The van der Waals surface area contributed by atoms with Crippen LogP contribution in [-0.2, 0) is 16.0 Å². The van der Waals surface area contributed by atoms with E-state index in [1.165, 1.54) is 11.3 Å². The maximum absolute atomic E-state index is 13.2. The molecule has 2 amide bonds. The van der Waals surface area contributed by atoms with Crippen LogP contribution in [0.25, 0.3) is 0 Å². The molecule has 42 heavy (non-hydrogen) atoms. The smallest absolute Gasteiger partial charge is 0.316 e. The van der Waals surface area contributed by atoms with Crippen LogP contribution in [0.1, 0.15) is 46.2 Å². The van der Waals surface area contributed by atoms with Crippen LogP contribution in [0.4, 0.5) is 10.8 Å². The van der Waals surface area contributed by atoms with E-state index < -0.39 is 0 Å². The fraction of sp³-hybridized carbons (Fsp3) is 0.483. The van der Waals surface area contributed by atoms with Crippen molar-refractivity contribution < 1.29 is 23.8 Å². The second-order valence-corrected chi connectivity index (χ2v) is 11.2. The van der Waals surface area contributed by atoms with E-state index in [-0.39, 0.29) is 24.0 Å². The quantitative estimate of drug-likeness (QED) is 0.302. The number of rotatable bonds is 12. The third-order valence-corrected chi connectivity index (χ3v) is 8.54. The molecule has 12 nitrogen and oxygen atoms in total. The molecule has 0 radical (unpaired) electrons. The van der Waals surface area contributed by atoms with Gasteiger partial charge in [0.2, 0.25) is 0 Å². The van der Waals surface area contributed by atoms with Crippen molar-refractivity contribution in [1.29, 1.82) is 0 Å². The molecule has 2 aliphatic heterocycles. The van der Waals surface area contributed by atoms with Gasteiger partial charge in [0.1, 0.15) is 11.8 Å². The highest BCUT2D eigenvalue weighted by Crippen LogP contribution is 2.28. The Balaban J connectivity index is 1.22. The van der Waals surface area contributed by atoms with Crippen molar-refractivity contribution in [2.24, 2.45) is 0 Å². The largest absolute Gasteiger partial charge is 0.460 e. The second kappa shape index (κ2) is 14.0. The summed E-state index contributed by atoms with van der Waals surface area (Å²) in [4.78, 5) is 43.7. The number of aromatic nitrogens is 3. The van der Waals surface area contributed by atoms with Gasteiger partial charge in [-0.25, -0.2) is 15.0 Å². The van der Waals surface area contributed by atoms with E-state index in [0.717, 1.165) is 43.2 Å². The van der Waals surface area contributed by atoms with E-state index >= 15 is 0 Å². The molecule has 2 N–H and O–H groups in total. The van der Waals surface area contributed by atoms with E-state index in [1.807, 2.05) is 12.1 Å². The van der Waals surface area contributed by atoms with Gasteiger partial charge in [-0.15, -0.1) is 11.3 Å². The normalized spacial score (nSPS) is 19.3. The van der Waals surface area contributed by atoms with Crippen molar-refractivity contribution in [3.05, 3.63) is 58.9 Å². The highest BCUT2D eigenvalue weighted by Gasteiger charge is 2.35. The van der Waals surface area contributed by atoms with Crippen molar-refractivity contribution in [3.63, 3.8) is 0 Å². The van der Waals surface area contributed by atoms with Gasteiger partial charge in [-0.2, -0.15) is 0 Å². The van der Waals surface area contributed by atoms with Gasteiger partial charge in [-0.1, -0.05) is 6.07 Å². The Hall–Kier alpha value is -3.65. The zero-order chi connectivity index (χ0) is 29.5. The van der Waals surface area contributed by atoms with Gasteiger partial charge in [0.15, 0.2) is 5.13 Å². The molecule has 224 valence electrons. The summed E-state index contributed by atoms with van der Waals surface area (Å²) < 4.78 is 16.4. The van der Waals surface area contributed by atoms with Crippen LogP contribution in [0, 0.1) is 0 Å². The molecule has 1 aromatic carbocycles. The summed E-state index contributed by atoms with van der Waals surface area (Å²) in [7, 11) is 3.31. The Morgan fingerprint density at radius 3 is 2.62 bits per heavy atom. The minimum atomic E-state index is -0.366. The molecule has 2 atom stereocenters. The van der Waals surface area contributed by atoms with E-state index in [2.05, 4.69) is 42.3 Å². The maximum Gasteiger partial charge on any atom is 0.316 e. The van der Waals surface area contributed by atoms with Gasteiger partial charge in [-0.05, 0) is 30.7 Å². The van der Waals surface area contributed by atoms with Crippen LogP contribution in [0.5, 0.6) is 6.01 Å². The number of thiazole rings is 1. The zero-order valence-corrected chi connectivity index (χ0v) is 24.9. The number of nitrogens with one attached hydrogen (secondary N) is 2. The number of likely N-dealkylation sites (tertiary alicyclic amines) is 1. The molecule has 2 saturated heterocycles. The van der Waals surface area contributed by atoms with Crippen LogP contribution in [0.3, 0.4) is 0 Å². The summed E-state index contributed by atoms with van der Waals surface area (Å²) in [5.74, 6) is -0.643. The summed E-state index contributed by atoms with van der Waals surface area (Å²) in [5, 5.41) is 8.30. The number of hydrogen-bond acceptors (Lipinski definition) is 11. The van der Waals surface area contributed by atoms with E-state index in [1.54, 1.807) is 44.1 Å². The first-order valence-electron chi connectivity index (χ1n) is 14.1. The molecular formula is C29H37N7O5S. The molecule has 4 heterocycles. The lowest BCUT2D eigenvalue weighted by atomic mass is 9.99. The van der Waals surface area contributed by atoms with E-state index in [4.69, 9.17) is 14.2 Å². The van der Waals surface area contributed by atoms with E-state index in [0.29, 0.717) is 48.7 Å². The van der Waals surface area contributed by atoms with Gasteiger partial charge < -0.3 is 29.7 Å². The molecule has 13 heteroatoms. The van der Waals surface area contributed by atoms with Crippen LogP contribution < -0.4 is 20.3 Å². The van der Waals surface area contributed by atoms with Crippen LogP contribution in [0.15, 0.2) is 42.0 Å². The summed E-state index contributed by atoms with van der Waals surface area (Å²) in [6, 6.07) is 8.00. The third-order valence-electron chi connectivity index (χ3n) is 7.64. The Labute approximate surface area is 249 Å². The topological polar surface area (TPSA) is 131 Å². The second-order valence-electron chi connectivity index (χ2n) is 10.4. The van der Waals surface area contributed by atoms with Crippen LogP contribution >= 0.6 is 11.3 Å². The summed E-state index contributed by atoms with van der Waals surface area (Å²) in [6.07, 6.45) is 5.18. The molecule has 3 aromatic rings. The molecule has 0 unspecified atom stereocenters. The minimum absolute atomic E-state index is 0.0357. The van der Waals surface area contributed by atoms with Crippen molar-refractivity contribution in [2.45, 2.75) is 44.6 Å². The number of amides is 2. The Bertz CT molecular complexity index is 1350. The first-order chi connectivity index (χ1) is 20.4. The van der Waals surface area contributed by atoms with Crippen molar-refractivity contribution in [3.8, 4) is 6.01 Å². The Morgan fingerprint density at radius 2 is 1.90 bits per heavy atom. The van der Waals surface area contributed by atoms with Gasteiger partial charge in [-0.3, -0.25) is 14.5 Å². The average molecular weight is 596 g/mol. The van der Waals surface area contributed by atoms with Crippen molar-refractivity contribution >= 4 is 34.0 Å². The zero-order valence-electron chi connectivity index (χ0n) is 24.1. The number of benzene rings is 1. The average Bonchev–Trinajstić information content (AvgIpc) is 3.51. The molecule has 2 fully saturated rings. The Morgan fingerprint density at radius 1 is 1.12 bits per heavy atom. The number of carbonyl (C=O) groups is 2. The lowest BCUT2D eigenvalue weighted by Crippen LogP contribution is -2.58. The minimum Gasteiger partial charge on any atom is -0.460 e. The lowest BCUT2D eigenvalue weighted by Gasteiger charge is -2.45. The molecule has 2 aliphatic rings. The number of hydrogen-bond donors (Lipinski definition) is 2. The number of nitrogens with zero attached hydrogens (tertiary/aromatic N) is 5. The molecular weight excluding hydrogens is 558 g/mol. The predicted octanol–water partition coefficient (Wildman–Crippen LogP) is 2.83.